The molecule has 0 aromatic heterocycles. The van der Waals surface area contributed by atoms with Gasteiger partial charge in [0.1, 0.15) is 11.5 Å². The van der Waals surface area contributed by atoms with E-state index in [1.54, 1.807) is 38.5 Å². The molecule has 0 bridgehead atoms. The Balaban J connectivity index is 2.10. The van der Waals surface area contributed by atoms with Gasteiger partial charge in [-0.25, -0.2) is 13.1 Å². The number of methoxy groups -OCH3 is 2. The summed E-state index contributed by atoms with van der Waals surface area (Å²) in [5.74, 6) is 1.21. The highest BCUT2D eigenvalue weighted by atomic mass is 32.2. The van der Waals surface area contributed by atoms with E-state index in [1.807, 2.05) is 25.1 Å². The SMILES string of the molecule is COc1ccc(OC)c(CNS(=O)(=O)Cc2cccc(C)c2)c1. The molecule has 0 aliphatic heterocycles. The fourth-order valence-electron chi connectivity index (χ4n) is 2.28. The Kier molecular flexibility index (Phi) is 5.63. The fraction of sp³-hybridized carbons (Fsp3) is 0.294. The van der Waals surface area contributed by atoms with Gasteiger partial charge in [0.25, 0.3) is 0 Å². The lowest BCUT2D eigenvalue weighted by Gasteiger charge is -2.12. The van der Waals surface area contributed by atoms with Crippen LogP contribution in [-0.4, -0.2) is 22.6 Å². The molecule has 124 valence electrons. The van der Waals surface area contributed by atoms with Gasteiger partial charge in [-0.1, -0.05) is 29.8 Å². The second-order valence-corrected chi connectivity index (χ2v) is 7.05. The highest BCUT2D eigenvalue weighted by molar-refractivity contribution is 7.88. The molecule has 6 heteroatoms. The van der Waals surface area contributed by atoms with Crippen LogP contribution < -0.4 is 14.2 Å². The van der Waals surface area contributed by atoms with Crippen molar-refractivity contribution >= 4 is 10.0 Å². The summed E-state index contributed by atoms with van der Waals surface area (Å²) >= 11 is 0. The fourth-order valence-corrected chi connectivity index (χ4v) is 3.38. The average molecular weight is 335 g/mol. The van der Waals surface area contributed by atoms with Crippen LogP contribution in [0.3, 0.4) is 0 Å². The third-order valence-electron chi connectivity index (χ3n) is 3.41. The predicted octanol–water partition coefficient (Wildman–Crippen LogP) is 2.63. The molecular formula is C17H21NO4S. The van der Waals surface area contributed by atoms with Crippen molar-refractivity contribution in [3.05, 3.63) is 59.2 Å². The summed E-state index contributed by atoms with van der Waals surface area (Å²) in [4.78, 5) is 0. The molecule has 0 heterocycles. The van der Waals surface area contributed by atoms with Crippen LogP contribution in [0, 0.1) is 6.92 Å². The van der Waals surface area contributed by atoms with Gasteiger partial charge < -0.3 is 9.47 Å². The molecule has 2 rings (SSSR count). The maximum absolute atomic E-state index is 12.3. The zero-order valence-corrected chi connectivity index (χ0v) is 14.3. The van der Waals surface area contributed by atoms with E-state index in [9.17, 15) is 8.42 Å². The number of rotatable bonds is 7. The highest BCUT2D eigenvalue weighted by Gasteiger charge is 2.13. The maximum atomic E-state index is 12.3. The van der Waals surface area contributed by atoms with E-state index in [1.165, 1.54) is 0 Å². The van der Waals surface area contributed by atoms with E-state index in [2.05, 4.69) is 4.72 Å². The molecule has 0 atom stereocenters. The van der Waals surface area contributed by atoms with Crippen LogP contribution in [0.5, 0.6) is 11.5 Å². The van der Waals surface area contributed by atoms with Crippen LogP contribution >= 0.6 is 0 Å². The minimum absolute atomic E-state index is 0.0546. The quantitative estimate of drug-likeness (QED) is 0.845. The first kappa shape index (κ1) is 17.3. The molecule has 2 aromatic carbocycles. The molecule has 0 amide bonds. The van der Waals surface area contributed by atoms with Crippen LogP contribution in [0.4, 0.5) is 0 Å². The number of benzene rings is 2. The normalized spacial score (nSPS) is 11.3. The zero-order valence-electron chi connectivity index (χ0n) is 13.5. The van der Waals surface area contributed by atoms with Crippen molar-refractivity contribution in [3.63, 3.8) is 0 Å². The topological polar surface area (TPSA) is 64.6 Å². The lowest BCUT2D eigenvalue weighted by atomic mass is 10.2. The second kappa shape index (κ2) is 7.48. The summed E-state index contributed by atoms with van der Waals surface area (Å²) in [6.45, 7) is 2.08. The molecular weight excluding hydrogens is 314 g/mol. The summed E-state index contributed by atoms with van der Waals surface area (Å²) in [6.07, 6.45) is 0. The van der Waals surface area contributed by atoms with E-state index in [4.69, 9.17) is 9.47 Å². The predicted molar refractivity (Wildman–Crippen MR) is 90.2 cm³/mol. The van der Waals surface area contributed by atoms with Crippen molar-refractivity contribution in [2.45, 2.75) is 19.2 Å². The van der Waals surface area contributed by atoms with Crippen molar-refractivity contribution in [1.82, 2.24) is 4.72 Å². The molecule has 0 aliphatic rings. The van der Waals surface area contributed by atoms with Gasteiger partial charge in [0.2, 0.25) is 10.0 Å². The summed E-state index contributed by atoms with van der Waals surface area (Å²) in [5, 5.41) is 0. The molecule has 0 fully saturated rings. The average Bonchev–Trinajstić information content (AvgIpc) is 2.52. The Labute approximate surface area is 137 Å². The monoisotopic (exact) mass is 335 g/mol. The summed E-state index contributed by atoms with van der Waals surface area (Å²) in [7, 11) is -0.329. The number of aryl methyl sites for hydroxylation is 1. The summed E-state index contributed by atoms with van der Waals surface area (Å²) in [5.41, 5.74) is 2.52. The van der Waals surface area contributed by atoms with Crippen molar-refractivity contribution < 1.29 is 17.9 Å². The molecule has 0 spiro atoms. The van der Waals surface area contributed by atoms with Crippen molar-refractivity contribution in [2.24, 2.45) is 0 Å². The third kappa shape index (κ3) is 4.97. The minimum atomic E-state index is -3.44. The highest BCUT2D eigenvalue weighted by Crippen LogP contribution is 2.24. The molecule has 0 unspecified atom stereocenters. The van der Waals surface area contributed by atoms with Gasteiger partial charge in [0.05, 0.1) is 20.0 Å². The van der Waals surface area contributed by atoms with Gasteiger partial charge in [0, 0.05) is 12.1 Å². The first-order chi connectivity index (χ1) is 10.9. The van der Waals surface area contributed by atoms with E-state index >= 15 is 0 Å². The van der Waals surface area contributed by atoms with Crippen molar-refractivity contribution in [1.29, 1.82) is 0 Å². The van der Waals surface area contributed by atoms with Gasteiger partial charge in [-0.3, -0.25) is 0 Å². The van der Waals surface area contributed by atoms with Gasteiger partial charge in [-0.2, -0.15) is 0 Å². The van der Waals surface area contributed by atoms with Gasteiger partial charge >= 0.3 is 0 Å². The van der Waals surface area contributed by atoms with E-state index in [0.717, 1.165) is 16.7 Å². The lowest BCUT2D eigenvalue weighted by molar-refractivity contribution is 0.398. The van der Waals surface area contributed by atoms with Crippen LogP contribution in [0.25, 0.3) is 0 Å². The summed E-state index contributed by atoms with van der Waals surface area (Å²) < 4.78 is 37.5. The zero-order chi connectivity index (χ0) is 16.9. The van der Waals surface area contributed by atoms with Crippen LogP contribution in [0.2, 0.25) is 0 Å². The molecule has 0 aliphatic carbocycles. The van der Waals surface area contributed by atoms with Crippen molar-refractivity contribution in [2.75, 3.05) is 14.2 Å². The van der Waals surface area contributed by atoms with E-state index < -0.39 is 10.0 Å². The van der Waals surface area contributed by atoms with Gasteiger partial charge in [0.15, 0.2) is 0 Å². The Hall–Kier alpha value is -2.05. The first-order valence-corrected chi connectivity index (χ1v) is 8.82. The van der Waals surface area contributed by atoms with E-state index in [-0.39, 0.29) is 12.3 Å². The standard InChI is InChI=1S/C17H21NO4S/c1-13-5-4-6-14(9-13)12-23(19,20)18-11-15-10-16(21-2)7-8-17(15)22-3/h4-10,18H,11-12H2,1-3H3. The number of hydrogen-bond donors (Lipinski definition) is 1. The number of sulfonamides is 1. The number of nitrogens with one attached hydrogen (secondary N) is 1. The van der Waals surface area contributed by atoms with Crippen LogP contribution in [0.1, 0.15) is 16.7 Å². The summed E-state index contributed by atoms with van der Waals surface area (Å²) in [6, 6.07) is 12.7. The first-order valence-electron chi connectivity index (χ1n) is 7.17. The third-order valence-corrected chi connectivity index (χ3v) is 4.71. The maximum Gasteiger partial charge on any atom is 0.216 e. The molecule has 0 radical (unpaired) electrons. The van der Waals surface area contributed by atoms with Crippen molar-refractivity contribution in [3.8, 4) is 11.5 Å². The Morgan fingerprint density at radius 3 is 2.48 bits per heavy atom. The largest absolute Gasteiger partial charge is 0.497 e. The Morgan fingerprint density at radius 1 is 1.04 bits per heavy atom. The number of ether oxygens (including phenoxy) is 2. The Morgan fingerprint density at radius 2 is 1.83 bits per heavy atom. The molecule has 23 heavy (non-hydrogen) atoms. The van der Waals surface area contributed by atoms with E-state index in [0.29, 0.717) is 11.5 Å². The molecule has 1 N–H and O–H groups in total. The lowest BCUT2D eigenvalue weighted by Crippen LogP contribution is -2.25. The second-order valence-electron chi connectivity index (χ2n) is 5.25. The molecule has 5 nitrogen and oxygen atoms in total. The Bertz CT molecular complexity index is 772. The molecule has 0 saturated carbocycles. The minimum Gasteiger partial charge on any atom is -0.497 e. The van der Waals surface area contributed by atoms with Crippen LogP contribution in [-0.2, 0) is 22.3 Å². The molecule has 2 aromatic rings. The van der Waals surface area contributed by atoms with Gasteiger partial charge in [-0.15, -0.1) is 0 Å². The number of hydrogen-bond acceptors (Lipinski definition) is 4. The molecule has 0 saturated heterocycles. The van der Waals surface area contributed by atoms with Gasteiger partial charge in [-0.05, 0) is 30.7 Å². The smallest absolute Gasteiger partial charge is 0.216 e. The van der Waals surface area contributed by atoms with Crippen LogP contribution in [0.15, 0.2) is 42.5 Å².